The predicted molar refractivity (Wildman–Crippen MR) is 64.4 cm³/mol. The van der Waals surface area contributed by atoms with Gasteiger partial charge in [0.2, 0.25) is 0 Å². The van der Waals surface area contributed by atoms with Crippen LogP contribution in [0.4, 0.5) is 0 Å². The first-order chi connectivity index (χ1) is 6.64. The summed E-state index contributed by atoms with van der Waals surface area (Å²) < 4.78 is 1.27. The molecule has 0 aromatic heterocycles. The van der Waals surface area contributed by atoms with E-state index >= 15 is 0 Å². The number of benzene rings is 1. The summed E-state index contributed by atoms with van der Waals surface area (Å²) in [6.07, 6.45) is 4.06. The van der Waals surface area contributed by atoms with Crippen molar-refractivity contribution in [3.8, 4) is 0 Å². The lowest BCUT2D eigenvalue weighted by molar-refractivity contribution is 0.356. The summed E-state index contributed by atoms with van der Waals surface area (Å²) in [7, 11) is 0. The molecule has 0 atom stereocenters. The van der Waals surface area contributed by atoms with E-state index in [2.05, 4.69) is 54.0 Å². The maximum atomic E-state index is 3.63. The van der Waals surface area contributed by atoms with Crippen molar-refractivity contribution >= 4 is 15.9 Å². The summed E-state index contributed by atoms with van der Waals surface area (Å²) in [6, 6.07) is 8.61. The zero-order valence-electron chi connectivity index (χ0n) is 8.89. The molecule has 0 aliphatic heterocycles. The number of hydrogen-bond acceptors (Lipinski definition) is 0. The van der Waals surface area contributed by atoms with Crippen LogP contribution in [-0.2, 0) is 6.42 Å². The van der Waals surface area contributed by atoms with Crippen molar-refractivity contribution in [2.75, 3.05) is 0 Å². The van der Waals surface area contributed by atoms with Crippen molar-refractivity contribution < 1.29 is 0 Å². The third-order valence-corrected chi connectivity index (χ3v) is 4.39. The van der Waals surface area contributed by atoms with Gasteiger partial charge in [-0.2, -0.15) is 0 Å². The third kappa shape index (κ3) is 1.88. The Morgan fingerprint density at radius 3 is 2.43 bits per heavy atom. The summed E-state index contributed by atoms with van der Waals surface area (Å²) in [5.74, 6) is 0.814. The van der Waals surface area contributed by atoms with Crippen molar-refractivity contribution in [3.63, 3.8) is 0 Å². The first kappa shape index (κ1) is 10.2. The summed E-state index contributed by atoms with van der Waals surface area (Å²) in [6.45, 7) is 4.70. The van der Waals surface area contributed by atoms with E-state index in [0.29, 0.717) is 5.41 Å². The molecule has 0 bridgehead atoms. The molecule has 0 radical (unpaired) electrons. The van der Waals surface area contributed by atoms with Gasteiger partial charge < -0.3 is 0 Å². The molecule has 0 amide bonds. The largest absolute Gasteiger partial charge is 0.0622 e. The molecule has 0 saturated heterocycles. The quantitative estimate of drug-likeness (QED) is 0.747. The van der Waals surface area contributed by atoms with E-state index in [4.69, 9.17) is 0 Å². The number of rotatable bonds is 3. The standard InChI is InChI=1S/C13H17Br/c1-10(2)13(7-8-13)9-11-5-3-4-6-12(11)14/h3-6,10H,7-9H2,1-2H3. The van der Waals surface area contributed by atoms with Crippen LogP contribution in [0, 0.1) is 11.3 Å². The normalized spacial score (nSPS) is 18.6. The van der Waals surface area contributed by atoms with E-state index in [-0.39, 0.29) is 0 Å². The topological polar surface area (TPSA) is 0 Å². The van der Waals surface area contributed by atoms with Crippen molar-refractivity contribution in [1.82, 2.24) is 0 Å². The Labute approximate surface area is 94.8 Å². The summed E-state index contributed by atoms with van der Waals surface area (Å²) in [5, 5.41) is 0. The molecule has 0 nitrogen and oxygen atoms in total. The molecule has 0 N–H and O–H groups in total. The highest BCUT2D eigenvalue weighted by Gasteiger charge is 2.45. The highest BCUT2D eigenvalue weighted by molar-refractivity contribution is 9.10. The van der Waals surface area contributed by atoms with Crippen molar-refractivity contribution in [1.29, 1.82) is 0 Å². The van der Waals surface area contributed by atoms with Gasteiger partial charge in [-0.15, -0.1) is 0 Å². The van der Waals surface area contributed by atoms with E-state index in [1.54, 1.807) is 0 Å². The molecule has 1 aliphatic carbocycles. The van der Waals surface area contributed by atoms with Gasteiger partial charge >= 0.3 is 0 Å². The second kappa shape index (κ2) is 3.69. The molecule has 1 aromatic carbocycles. The average Bonchev–Trinajstić information content (AvgIpc) is 2.90. The zero-order valence-corrected chi connectivity index (χ0v) is 10.5. The fraction of sp³-hybridized carbons (Fsp3) is 0.538. The number of halogens is 1. The van der Waals surface area contributed by atoms with E-state index in [9.17, 15) is 0 Å². The van der Waals surface area contributed by atoms with E-state index in [1.807, 2.05) is 0 Å². The highest BCUT2D eigenvalue weighted by atomic mass is 79.9. The molecule has 1 heteroatoms. The molecule has 2 rings (SSSR count). The Kier molecular flexibility index (Phi) is 2.70. The SMILES string of the molecule is CC(C)C1(Cc2ccccc2Br)CC1. The second-order valence-electron chi connectivity index (χ2n) is 4.79. The second-order valence-corrected chi connectivity index (χ2v) is 5.64. The maximum Gasteiger partial charge on any atom is 0.0207 e. The third-order valence-electron chi connectivity index (χ3n) is 3.62. The molecule has 1 aromatic rings. The van der Waals surface area contributed by atoms with Crippen LogP contribution in [0.2, 0.25) is 0 Å². The molecule has 0 heterocycles. The first-order valence-electron chi connectivity index (χ1n) is 5.37. The van der Waals surface area contributed by atoms with Gasteiger partial charge in [-0.3, -0.25) is 0 Å². The van der Waals surface area contributed by atoms with E-state index < -0.39 is 0 Å². The van der Waals surface area contributed by atoms with Crippen LogP contribution < -0.4 is 0 Å². The summed E-state index contributed by atoms with van der Waals surface area (Å²) in [5.41, 5.74) is 2.09. The molecule has 1 aliphatic rings. The molecule has 14 heavy (non-hydrogen) atoms. The fourth-order valence-corrected chi connectivity index (χ4v) is 2.56. The van der Waals surface area contributed by atoms with Gasteiger partial charge in [-0.05, 0) is 42.2 Å². The highest BCUT2D eigenvalue weighted by Crippen LogP contribution is 2.54. The van der Waals surface area contributed by atoms with Gasteiger partial charge in [-0.25, -0.2) is 0 Å². The molecule has 1 saturated carbocycles. The average molecular weight is 253 g/mol. The lowest BCUT2D eigenvalue weighted by Gasteiger charge is -2.20. The van der Waals surface area contributed by atoms with Gasteiger partial charge in [0, 0.05) is 4.47 Å². The van der Waals surface area contributed by atoms with Crippen molar-refractivity contribution in [2.24, 2.45) is 11.3 Å². The minimum absolute atomic E-state index is 0.615. The van der Waals surface area contributed by atoms with Crippen LogP contribution in [0.3, 0.4) is 0 Å². The molecule has 0 spiro atoms. The van der Waals surface area contributed by atoms with Gasteiger partial charge in [0.25, 0.3) is 0 Å². The van der Waals surface area contributed by atoms with Crippen molar-refractivity contribution in [2.45, 2.75) is 33.1 Å². The minimum atomic E-state index is 0.615. The van der Waals surface area contributed by atoms with E-state index in [1.165, 1.54) is 29.3 Å². The smallest absolute Gasteiger partial charge is 0.0207 e. The Bertz CT molecular complexity index is 324. The molecule has 1 fully saturated rings. The van der Waals surface area contributed by atoms with Crippen molar-refractivity contribution in [3.05, 3.63) is 34.3 Å². The monoisotopic (exact) mass is 252 g/mol. The molecular weight excluding hydrogens is 236 g/mol. The zero-order chi connectivity index (χ0) is 10.2. The van der Waals surface area contributed by atoms with Gasteiger partial charge in [-0.1, -0.05) is 48.0 Å². The van der Waals surface area contributed by atoms with Gasteiger partial charge in [0.1, 0.15) is 0 Å². The Balaban J connectivity index is 2.15. The minimum Gasteiger partial charge on any atom is -0.0622 e. The van der Waals surface area contributed by atoms with Gasteiger partial charge in [0.05, 0.1) is 0 Å². The predicted octanol–water partition coefficient (Wildman–Crippen LogP) is 4.43. The number of hydrogen-bond donors (Lipinski definition) is 0. The van der Waals surface area contributed by atoms with Crippen LogP contribution in [0.15, 0.2) is 28.7 Å². The first-order valence-corrected chi connectivity index (χ1v) is 6.17. The van der Waals surface area contributed by atoms with Crippen LogP contribution in [-0.4, -0.2) is 0 Å². The molecular formula is C13H17Br. The Hall–Kier alpha value is -0.300. The lowest BCUT2D eigenvalue weighted by Crippen LogP contribution is -2.13. The summed E-state index contributed by atoms with van der Waals surface area (Å²) in [4.78, 5) is 0. The molecule has 76 valence electrons. The van der Waals surface area contributed by atoms with Crippen LogP contribution >= 0.6 is 15.9 Å². The Morgan fingerprint density at radius 1 is 1.29 bits per heavy atom. The van der Waals surface area contributed by atoms with Crippen LogP contribution in [0.1, 0.15) is 32.3 Å². The van der Waals surface area contributed by atoms with Gasteiger partial charge in [0.15, 0.2) is 0 Å². The Morgan fingerprint density at radius 2 is 1.93 bits per heavy atom. The lowest BCUT2D eigenvalue weighted by atomic mass is 9.86. The summed E-state index contributed by atoms with van der Waals surface area (Å²) >= 11 is 3.63. The molecule has 0 unspecified atom stereocenters. The maximum absolute atomic E-state index is 3.63. The van der Waals surface area contributed by atoms with Crippen LogP contribution in [0.25, 0.3) is 0 Å². The van der Waals surface area contributed by atoms with E-state index in [0.717, 1.165) is 5.92 Å². The van der Waals surface area contributed by atoms with Crippen LogP contribution in [0.5, 0.6) is 0 Å². The fourth-order valence-electron chi connectivity index (χ4n) is 2.14.